The first-order valence-corrected chi connectivity index (χ1v) is 2.92. The normalized spacial score (nSPS) is 28.9. The zero-order chi connectivity index (χ0) is 5.82. The van der Waals surface area contributed by atoms with E-state index in [1.807, 2.05) is 0 Å². The Labute approximate surface area is 49.2 Å². The highest BCUT2D eigenvalue weighted by molar-refractivity contribution is 4.61. The summed E-state index contributed by atoms with van der Waals surface area (Å²) in [4.78, 5) is 0. The molecule has 3 heteroatoms. The summed E-state index contributed by atoms with van der Waals surface area (Å²) in [6.07, 6.45) is 0.986. The van der Waals surface area contributed by atoms with Crippen molar-refractivity contribution in [3.63, 3.8) is 0 Å². The summed E-state index contributed by atoms with van der Waals surface area (Å²) in [5, 5.41) is 4.12. The molecule has 0 aromatic rings. The Morgan fingerprint density at radius 3 is 3.12 bits per heavy atom. The monoisotopic (exact) mass is 115 g/mol. The van der Waals surface area contributed by atoms with E-state index in [1.54, 1.807) is 0 Å². The minimum atomic E-state index is 0.111. The topological polar surface area (TPSA) is 49.4 Å². The van der Waals surface area contributed by atoms with Crippen LogP contribution in [0.5, 0.6) is 0 Å². The van der Waals surface area contributed by atoms with Crippen molar-refractivity contribution in [3.8, 4) is 0 Å². The van der Waals surface area contributed by atoms with Gasteiger partial charge in [-0.05, 0) is 6.54 Å². The molecule has 47 valence electrons. The van der Waals surface area contributed by atoms with E-state index < -0.39 is 0 Å². The summed E-state index contributed by atoms with van der Waals surface area (Å²) >= 11 is 0. The van der Waals surface area contributed by atoms with Crippen molar-refractivity contribution >= 4 is 0 Å². The summed E-state index contributed by atoms with van der Waals surface area (Å²) in [6.45, 7) is 2.31. The molecule has 1 heterocycles. The molecule has 0 aromatic heterocycles. The van der Waals surface area contributed by atoms with Crippen LogP contribution in [0, 0.1) is 0 Å². The summed E-state index contributed by atoms with van der Waals surface area (Å²) in [7, 11) is 0. The zero-order valence-electron chi connectivity index (χ0n) is 4.84. The minimum absolute atomic E-state index is 0.111. The third-order valence-corrected chi connectivity index (χ3v) is 1.15. The Morgan fingerprint density at radius 1 is 1.75 bits per heavy atom. The van der Waals surface area contributed by atoms with E-state index in [0.717, 1.165) is 19.6 Å². The average Bonchev–Trinajstić information content (AvgIpc) is 2.19. The predicted octanol–water partition coefficient (Wildman–Crippen LogP) is -0.704. The van der Waals surface area contributed by atoms with Gasteiger partial charge in [-0.3, -0.25) is 0 Å². The maximum atomic E-state index is 5.27. The van der Waals surface area contributed by atoms with E-state index in [4.69, 9.17) is 10.5 Å². The average molecular weight is 115 g/mol. The lowest BCUT2D eigenvalue weighted by atomic mass is 10.4. The maximum absolute atomic E-state index is 5.27. The Hall–Kier alpha value is -0.120. The summed E-state index contributed by atoms with van der Waals surface area (Å²) in [5.74, 6) is 0. The lowest BCUT2D eigenvalue weighted by Crippen LogP contribution is -2.19. The van der Waals surface area contributed by atoms with Crippen molar-refractivity contribution in [2.75, 3.05) is 19.7 Å². The number of rotatable bonds is 2. The van der Waals surface area contributed by atoms with Crippen LogP contribution < -0.4 is 11.1 Å². The molecule has 0 bridgehead atoms. The molecule has 1 radical (unpaired) electrons. The van der Waals surface area contributed by atoms with Crippen molar-refractivity contribution in [1.29, 1.82) is 0 Å². The molecule has 1 unspecified atom stereocenters. The Morgan fingerprint density at radius 2 is 2.62 bits per heavy atom. The smallest absolute Gasteiger partial charge is 0.124 e. The van der Waals surface area contributed by atoms with Gasteiger partial charge in [0.25, 0.3) is 0 Å². The van der Waals surface area contributed by atoms with Crippen molar-refractivity contribution in [2.24, 2.45) is 5.73 Å². The molecule has 1 aliphatic heterocycles. The van der Waals surface area contributed by atoms with Crippen LogP contribution in [0.3, 0.4) is 0 Å². The molecule has 1 fully saturated rings. The van der Waals surface area contributed by atoms with Gasteiger partial charge in [-0.2, -0.15) is 0 Å². The SMILES string of the molecule is NCCC1[N]CCO1. The van der Waals surface area contributed by atoms with Gasteiger partial charge in [0.1, 0.15) is 6.23 Å². The molecule has 0 amide bonds. The van der Waals surface area contributed by atoms with Crippen LogP contribution in [0.1, 0.15) is 6.42 Å². The molecular formula is C5H11N2O. The second-order valence-corrected chi connectivity index (χ2v) is 1.81. The predicted molar refractivity (Wildman–Crippen MR) is 30.4 cm³/mol. The van der Waals surface area contributed by atoms with Crippen LogP contribution >= 0.6 is 0 Å². The Bertz CT molecular complexity index is 61.4. The zero-order valence-corrected chi connectivity index (χ0v) is 4.84. The van der Waals surface area contributed by atoms with E-state index >= 15 is 0 Å². The lowest BCUT2D eigenvalue weighted by Gasteiger charge is -2.03. The van der Waals surface area contributed by atoms with Crippen LogP contribution in [0.25, 0.3) is 0 Å². The first kappa shape index (κ1) is 6.01. The molecule has 0 saturated carbocycles. The van der Waals surface area contributed by atoms with Gasteiger partial charge >= 0.3 is 0 Å². The number of hydrogen-bond donors (Lipinski definition) is 1. The fourth-order valence-corrected chi connectivity index (χ4v) is 0.755. The number of hydrogen-bond acceptors (Lipinski definition) is 2. The number of ether oxygens (including phenoxy) is 1. The molecule has 1 saturated heterocycles. The molecular weight excluding hydrogens is 104 g/mol. The van der Waals surface area contributed by atoms with Crippen molar-refractivity contribution in [1.82, 2.24) is 5.32 Å². The molecule has 1 rings (SSSR count). The van der Waals surface area contributed by atoms with E-state index in [2.05, 4.69) is 5.32 Å². The van der Waals surface area contributed by atoms with Crippen LogP contribution in [0.15, 0.2) is 0 Å². The van der Waals surface area contributed by atoms with E-state index in [9.17, 15) is 0 Å². The number of nitrogens with two attached hydrogens (primary N) is 1. The second-order valence-electron chi connectivity index (χ2n) is 1.81. The molecule has 1 aliphatic rings. The fraction of sp³-hybridized carbons (Fsp3) is 1.00. The van der Waals surface area contributed by atoms with Gasteiger partial charge < -0.3 is 10.5 Å². The van der Waals surface area contributed by atoms with Gasteiger partial charge in [0, 0.05) is 13.0 Å². The summed E-state index contributed by atoms with van der Waals surface area (Å²) in [5.41, 5.74) is 5.27. The highest BCUT2D eigenvalue weighted by atomic mass is 16.5. The lowest BCUT2D eigenvalue weighted by molar-refractivity contribution is 0.0947. The standard InChI is InChI=1S/C5H11N2O/c6-2-1-5-7-3-4-8-5/h5H,1-4,6H2. The van der Waals surface area contributed by atoms with Crippen LogP contribution in [0.4, 0.5) is 0 Å². The van der Waals surface area contributed by atoms with E-state index in [-0.39, 0.29) is 6.23 Å². The highest BCUT2D eigenvalue weighted by Crippen LogP contribution is 1.99. The van der Waals surface area contributed by atoms with Crippen molar-refractivity contribution < 1.29 is 4.74 Å². The Balaban J connectivity index is 2.06. The van der Waals surface area contributed by atoms with Gasteiger partial charge in [0.15, 0.2) is 0 Å². The van der Waals surface area contributed by atoms with E-state index in [1.165, 1.54) is 0 Å². The summed E-state index contributed by atoms with van der Waals surface area (Å²) < 4.78 is 5.15. The molecule has 1 atom stereocenters. The molecule has 8 heavy (non-hydrogen) atoms. The van der Waals surface area contributed by atoms with Crippen LogP contribution in [-0.2, 0) is 4.74 Å². The largest absolute Gasteiger partial charge is 0.360 e. The Kier molecular flexibility index (Phi) is 2.27. The van der Waals surface area contributed by atoms with Crippen LogP contribution in [0.2, 0.25) is 0 Å². The van der Waals surface area contributed by atoms with Gasteiger partial charge in [-0.1, -0.05) is 0 Å². The van der Waals surface area contributed by atoms with Crippen molar-refractivity contribution in [2.45, 2.75) is 12.6 Å². The fourth-order valence-electron chi connectivity index (χ4n) is 0.755. The minimum Gasteiger partial charge on any atom is -0.360 e. The third kappa shape index (κ3) is 1.43. The highest BCUT2D eigenvalue weighted by Gasteiger charge is 2.13. The summed E-state index contributed by atoms with van der Waals surface area (Å²) in [6, 6.07) is 0. The molecule has 0 spiro atoms. The maximum Gasteiger partial charge on any atom is 0.124 e. The van der Waals surface area contributed by atoms with Gasteiger partial charge in [-0.15, -0.1) is 0 Å². The first-order valence-electron chi connectivity index (χ1n) is 2.92. The van der Waals surface area contributed by atoms with Crippen LogP contribution in [-0.4, -0.2) is 25.9 Å². The number of nitrogens with zero attached hydrogens (tertiary/aromatic N) is 1. The van der Waals surface area contributed by atoms with Gasteiger partial charge in [-0.25, -0.2) is 5.32 Å². The molecule has 0 aliphatic carbocycles. The molecule has 0 aromatic carbocycles. The van der Waals surface area contributed by atoms with E-state index in [0.29, 0.717) is 6.54 Å². The second kappa shape index (κ2) is 3.02. The van der Waals surface area contributed by atoms with Gasteiger partial charge in [0.05, 0.1) is 6.61 Å². The molecule has 2 N–H and O–H groups in total. The quantitative estimate of drug-likeness (QED) is 0.517. The van der Waals surface area contributed by atoms with Crippen molar-refractivity contribution in [3.05, 3.63) is 0 Å². The van der Waals surface area contributed by atoms with Gasteiger partial charge in [0.2, 0.25) is 0 Å². The first-order chi connectivity index (χ1) is 3.93. The third-order valence-electron chi connectivity index (χ3n) is 1.15. The molecule has 3 nitrogen and oxygen atoms in total.